The second-order valence-electron chi connectivity index (χ2n) is 6.81. The minimum atomic E-state index is -0.496. The monoisotopic (exact) mass is 366 g/mol. The zero-order valence-electron chi connectivity index (χ0n) is 15.1. The Hall–Kier alpha value is -3.00. The van der Waals surface area contributed by atoms with Crippen molar-refractivity contribution >= 4 is 23.1 Å². The largest absolute Gasteiger partial charge is 0.391 e. The predicted octanol–water partition coefficient (Wildman–Crippen LogP) is 1.93. The standard InChI is InChI=1S/C19H22N6O2/c1-24(13-5-4-9-20-11-13)17-8-10-25-18(23-17)14(12-21-25)19(27)22-15-6-2-3-7-16(15)26/h4-5,8-12,15-16,26H,2-3,6-7H2,1H3,(H,22,27). The first-order valence-corrected chi connectivity index (χ1v) is 9.10. The van der Waals surface area contributed by atoms with Crippen LogP contribution >= 0.6 is 0 Å². The molecule has 27 heavy (non-hydrogen) atoms. The van der Waals surface area contributed by atoms with Crippen LogP contribution in [-0.2, 0) is 0 Å². The van der Waals surface area contributed by atoms with E-state index >= 15 is 0 Å². The quantitative estimate of drug-likeness (QED) is 0.732. The summed E-state index contributed by atoms with van der Waals surface area (Å²) in [4.78, 5) is 23.4. The fourth-order valence-electron chi connectivity index (χ4n) is 3.42. The molecule has 1 aliphatic carbocycles. The molecule has 2 unspecified atom stereocenters. The molecule has 0 aromatic carbocycles. The lowest BCUT2D eigenvalue weighted by molar-refractivity contribution is 0.0718. The normalized spacial score (nSPS) is 19.8. The average Bonchev–Trinajstić information content (AvgIpc) is 3.13. The second-order valence-corrected chi connectivity index (χ2v) is 6.81. The van der Waals surface area contributed by atoms with Crippen LogP contribution in [-0.4, -0.2) is 49.8 Å². The van der Waals surface area contributed by atoms with E-state index in [1.807, 2.05) is 30.1 Å². The Morgan fingerprint density at radius 3 is 2.93 bits per heavy atom. The van der Waals surface area contributed by atoms with Crippen molar-refractivity contribution in [2.24, 2.45) is 0 Å². The molecular weight excluding hydrogens is 344 g/mol. The summed E-state index contributed by atoms with van der Waals surface area (Å²) in [5.74, 6) is 0.424. The molecule has 1 amide bonds. The molecule has 2 atom stereocenters. The van der Waals surface area contributed by atoms with Gasteiger partial charge in [0.2, 0.25) is 0 Å². The van der Waals surface area contributed by atoms with Gasteiger partial charge in [-0.3, -0.25) is 9.78 Å². The van der Waals surface area contributed by atoms with Gasteiger partial charge in [0.25, 0.3) is 5.91 Å². The molecule has 1 fully saturated rings. The first-order chi connectivity index (χ1) is 13.1. The Morgan fingerprint density at radius 1 is 1.30 bits per heavy atom. The van der Waals surface area contributed by atoms with E-state index in [1.54, 1.807) is 23.1 Å². The van der Waals surface area contributed by atoms with Crippen molar-refractivity contribution in [3.63, 3.8) is 0 Å². The van der Waals surface area contributed by atoms with Crippen LogP contribution in [0.25, 0.3) is 5.65 Å². The van der Waals surface area contributed by atoms with Crippen LogP contribution in [0.1, 0.15) is 36.0 Å². The first kappa shape index (κ1) is 17.4. The van der Waals surface area contributed by atoms with E-state index in [2.05, 4.69) is 20.4 Å². The van der Waals surface area contributed by atoms with Crippen molar-refractivity contribution in [1.29, 1.82) is 0 Å². The molecule has 140 valence electrons. The van der Waals surface area contributed by atoms with Crippen molar-refractivity contribution in [1.82, 2.24) is 24.9 Å². The third-order valence-electron chi connectivity index (χ3n) is 5.02. The topological polar surface area (TPSA) is 95.7 Å². The van der Waals surface area contributed by atoms with Crippen LogP contribution in [0.4, 0.5) is 11.5 Å². The van der Waals surface area contributed by atoms with Crippen LogP contribution in [0, 0.1) is 0 Å². The number of amides is 1. The lowest BCUT2D eigenvalue weighted by Gasteiger charge is -2.28. The Bertz CT molecular complexity index is 942. The number of aliphatic hydroxyl groups excluding tert-OH is 1. The molecule has 3 aromatic rings. The van der Waals surface area contributed by atoms with Crippen LogP contribution in [0.5, 0.6) is 0 Å². The molecule has 1 saturated carbocycles. The molecule has 8 nitrogen and oxygen atoms in total. The van der Waals surface area contributed by atoms with Gasteiger partial charge in [0.1, 0.15) is 11.4 Å². The predicted molar refractivity (Wildman–Crippen MR) is 101 cm³/mol. The molecule has 3 heterocycles. The number of fused-ring (bicyclic) bond motifs is 1. The van der Waals surface area contributed by atoms with Gasteiger partial charge < -0.3 is 15.3 Å². The van der Waals surface area contributed by atoms with Gasteiger partial charge in [-0.2, -0.15) is 5.10 Å². The fourth-order valence-corrected chi connectivity index (χ4v) is 3.42. The van der Waals surface area contributed by atoms with Crippen molar-refractivity contribution in [2.75, 3.05) is 11.9 Å². The number of aromatic nitrogens is 4. The number of carbonyl (C=O) groups excluding carboxylic acids is 1. The second kappa shape index (κ2) is 7.32. The molecular formula is C19H22N6O2. The fraction of sp³-hybridized carbons (Fsp3) is 0.368. The molecule has 4 rings (SSSR count). The van der Waals surface area contributed by atoms with Crippen molar-refractivity contribution in [3.05, 3.63) is 48.5 Å². The summed E-state index contributed by atoms with van der Waals surface area (Å²) < 4.78 is 1.58. The maximum absolute atomic E-state index is 12.7. The van der Waals surface area contributed by atoms with E-state index in [9.17, 15) is 9.90 Å². The number of anilines is 2. The molecule has 0 aliphatic heterocycles. The third-order valence-corrected chi connectivity index (χ3v) is 5.02. The number of nitrogens with one attached hydrogen (secondary N) is 1. The molecule has 3 aromatic heterocycles. The highest BCUT2D eigenvalue weighted by molar-refractivity contribution is 6.00. The Labute approximate surface area is 156 Å². The highest BCUT2D eigenvalue weighted by atomic mass is 16.3. The number of aliphatic hydroxyl groups is 1. The third kappa shape index (κ3) is 3.48. The Morgan fingerprint density at radius 2 is 2.15 bits per heavy atom. The summed E-state index contributed by atoms with van der Waals surface area (Å²) in [7, 11) is 1.89. The molecule has 0 bridgehead atoms. The SMILES string of the molecule is CN(c1cccnc1)c1ccn2ncc(C(=O)NC3CCCCC3O)c2n1. The smallest absolute Gasteiger partial charge is 0.257 e. The minimum absolute atomic E-state index is 0.220. The van der Waals surface area contributed by atoms with Crippen LogP contribution in [0.15, 0.2) is 43.0 Å². The van der Waals surface area contributed by atoms with Gasteiger partial charge in [-0.15, -0.1) is 0 Å². The maximum atomic E-state index is 12.7. The number of hydrogen-bond donors (Lipinski definition) is 2. The van der Waals surface area contributed by atoms with Crippen LogP contribution in [0.2, 0.25) is 0 Å². The zero-order chi connectivity index (χ0) is 18.8. The van der Waals surface area contributed by atoms with E-state index < -0.39 is 6.10 Å². The number of carbonyl (C=O) groups is 1. The summed E-state index contributed by atoms with van der Waals surface area (Å²) in [6, 6.07) is 5.41. The lowest BCUT2D eigenvalue weighted by Crippen LogP contribution is -2.45. The summed E-state index contributed by atoms with van der Waals surface area (Å²) in [6.45, 7) is 0. The molecule has 8 heteroatoms. The highest BCUT2D eigenvalue weighted by Crippen LogP contribution is 2.22. The number of hydrogen-bond acceptors (Lipinski definition) is 6. The Balaban J connectivity index is 1.61. The molecule has 0 radical (unpaired) electrons. The van der Waals surface area contributed by atoms with E-state index in [0.29, 0.717) is 17.0 Å². The van der Waals surface area contributed by atoms with Crippen molar-refractivity contribution in [3.8, 4) is 0 Å². The van der Waals surface area contributed by atoms with Crippen LogP contribution in [0.3, 0.4) is 0 Å². The van der Waals surface area contributed by atoms with E-state index in [4.69, 9.17) is 0 Å². The Kier molecular flexibility index (Phi) is 4.72. The van der Waals surface area contributed by atoms with Gasteiger partial charge in [0.05, 0.1) is 30.2 Å². The van der Waals surface area contributed by atoms with Gasteiger partial charge in [-0.05, 0) is 31.0 Å². The number of nitrogens with zero attached hydrogens (tertiary/aromatic N) is 5. The van der Waals surface area contributed by atoms with Crippen molar-refractivity contribution < 1.29 is 9.90 Å². The van der Waals surface area contributed by atoms with Gasteiger partial charge >= 0.3 is 0 Å². The molecule has 2 N–H and O–H groups in total. The summed E-state index contributed by atoms with van der Waals surface area (Å²) >= 11 is 0. The van der Waals surface area contributed by atoms with Crippen LogP contribution < -0.4 is 10.2 Å². The maximum Gasteiger partial charge on any atom is 0.257 e. The van der Waals surface area contributed by atoms with Crippen molar-refractivity contribution in [2.45, 2.75) is 37.8 Å². The summed E-state index contributed by atoms with van der Waals surface area (Å²) in [5, 5.41) is 17.3. The van der Waals surface area contributed by atoms with Gasteiger partial charge in [0.15, 0.2) is 5.65 Å². The highest BCUT2D eigenvalue weighted by Gasteiger charge is 2.26. The number of rotatable bonds is 4. The average molecular weight is 366 g/mol. The summed E-state index contributed by atoms with van der Waals surface area (Å²) in [5.41, 5.74) is 1.77. The molecule has 0 saturated heterocycles. The van der Waals surface area contributed by atoms with E-state index in [0.717, 1.165) is 31.4 Å². The zero-order valence-corrected chi connectivity index (χ0v) is 15.1. The van der Waals surface area contributed by atoms with E-state index in [-0.39, 0.29) is 11.9 Å². The molecule has 1 aliphatic rings. The van der Waals surface area contributed by atoms with Gasteiger partial charge in [-0.25, -0.2) is 9.50 Å². The van der Waals surface area contributed by atoms with Gasteiger partial charge in [0, 0.05) is 19.4 Å². The summed E-state index contributed by atoms with van der Waals surface area (Å²) in [6.07, 6.45) is 9.77. The van der Waals surface area contributed by atoms with E-state index in [1.165, 1.54) is 6.20 Å². The first-order valence-electron chi connectivity index (χ1n) is 9.10. The van der Waals surface area contributed by atoms with Gasteiger partial charge in [-0.1, -0.05) is 12.8 Å². The lowest BCUT2D eigenvalue weighted by atomic mass is 9.92. The number of pyridine rings is 1. The molecule has 0 spiro atoms. The minimum Gasteiger partial charge on any atom is -0.391 e.